The molecule has 0 fully saturated rings. The molecule has 28 heavy (non-hydrogen) atoms. The smallest absolute Gasteiger partial charge is 0.236 e. The van der Waals surface area contributed by atoms with Gasteiger partial charge in [0.1, 0.15) is 23.6 Å². The number of hydrogen-bond acceptors (Lipinski definition) is 6. The predicted octanol–water partition coefficient (Wildman–Crippen LogP) is 2.68. The van der Waals surface area contributed by atoms with Crippen LogP contribution in [0.2, 0.25) is 0 Å². The molecular formula is C18H21FN6O2S. The first-order valence-corrected chi connectivity index (χ1v) is 9.68. The van der Waals surface area contributed by atoms with E-state index in [2.05, 4.69) is 20.6 Å². The van der Waals surface area contributed by atoms with Gasteiger partial charge >= 0.3 is 0 Å². The zero-order valence-electron chi connectivity index (χ0n) is 15.6. The van der Waals surface area contributed by atoms with Gasteiger partial charge in [0, 0.05) is 26.3 Å². The number of carbonyl (C=O) groups is 1. The highest BCUT2D eigenvalue weighted by atomic mass is 32.2. The van der Waals surface area contributed by atoms with Crippen molar-refractivity contribution in [3.63, 3.8) is 0 Å². The number of ether oxygens (including phenoxy) is 1. The van der Waals surface area contributed by atoms with Gasteiger partial charge in [0.25, 0.3) is 0 Å². The maximum Gasteiger partial charge on any atom is 0.236 e. The molecule has 0 unspecified atom stereocenters. The molecule has 3 aromatic rings. The molecule has 3 rings (SSSR count). The lowest BCUT2D eigenvalue weighted by molar-refractivity contribution is -0.113. The number of rotatable bonds is 9. The molecule has 0 saturated carbocycles. The highest BCUT2D eigenvalue weighted by molar-refractivity contribution is 7.99. The van der Waals surface area contributed by atoms with Crippen LogP contribution in [0.3, 0.4) is 0 Å². The first kappa shape index (κ1) is 20.0. The molecule has 8 nitrogen and oxygen atoms in total. The highest BCUT2D eigenvalue weighted by Gasteiger charge is 2.15. The van der Waals surface area contributed by atoms with Gasteiger partial charge in [-0.25, -0.2) is 9.07 Å². The number of para-hydroxylation sites is 1. The fraction of sp³-hybridized carbons (Fsp3) is 0.333. The lowest BCUT2D eigenvalue weighted by Crippen LogP contribution is -2.17. The Morgan fingerprint density at radius 3 is 2.96 bits per heavy atom. The topological polar surface area (TPSA) is 86.9 Å². The van der Waals surface area contributed by atoms with Gasteiger partial charge in [0.2, 0.25) is 5.91 Å². The summed E-state index contributed by atoms with van der Waals surface area (Å²) in [4.78, 5) is 12.4. The van der Waals surface area contributed by atoms with Crippen LogP contribution in [0.25, 0.3) is 5.69 Å². The van der Waals surface area contributed by atoms with Crippen molar-refractivity contribution in [2.24, 2.45) is 0 Å². The summed E-state index contributed by atoms with van der Waals surface area (Å²) < 4.78 is 22.4. The molecule has 2 aromatic heterocycles. The summed E-state index contributed by atoms with van der Waals surface area (Å²) in [5.41, 5.74) is 0.945. The molecule has 0 aliphatic carbocycles. The first-order valence-electron chi connectivity index (χ1n) is 8.69. The Balaban J connectivity index is 1.64. The van der Waals surface area contributed by atoms with Gasteiger partial charge in [0.05, 0.1) is 11.4 Å². The number of anilines is 1. The van der Waals surface area contributed by atoms with E-state index < -0.39 is 5.82 Å². The highest BCUT2D eigenvalue weighted by Crippen LogP contribution is 2.21. The maximum absolute atomic E-state index is 14.1. The molecule has 0 radical (unpaired) electrons. The molecule has 0 atom stereocenters. The zero-order valence-corrected chi connectivity index (χ0v) is 16.4. The number of nitrogens with zero attached hydrogens (tertiary/aromatic N) is 5. The number of methoxy groups -OCH3 is 1. The van der Waals surface area contributed by atoms with E-state index in [1.807, 2.05) is 4.57 Å². The standard InChI is InChI=1S/C18H21FN6O2S/c1-13-10-16(25(23-13)15-7-4-3-6-14(15)19)21-17(26)11-28-18-22-20-12-24(18)8-5-9-27-2/h3-4,6-7,10,12H,5,8-9,11H2,1-2H3,(H,21,26). The van der Waals surface area contributed by atoms with E-state index in [-0.39, 0.29) is 17.3 Å². The van der Waals surface area contributed by atoms with Gasteiger partial charge in [-0.1, -0.05) is 23.9 Å². The van der Waals surface area contributed by atoms with Gasteiger partial charge in [-0.3, -0.25) is 4.79 Å². The number of halogens is 1. The molecule has 10 heteroatoms. The average Bonchev–Trinajstić information content (AvgIpc) is 3.27. The lowest BCUT2D eigenvalue weighted by Gasteiger charge is -2.10. The van der Waals surface area contributed by atoms with E-state index in [0.717, 1.165) is 6.42 Å². The molecule has 0 aliphatic rings. The van der Waals surface area contributed by atoms with Crippen LogP contribution in [0, 0.1) is 12.7 Å². The minimum absolute atomic E-state index is 0.143. The number of amides is 1. The SMILES string of the molecule is COCCCn1cnnc1SCC(=O)Nc1cc(C)nn1-c1ccccc1F. The number of nitrogens with one attached hydrogen (secondary N) is 1. The number of aryl methyl sites for hydroxylation is 2. The van der Waals surface area contributed by atoms with Crippen LogP contribution < -0.4 is 5.32 Å². The normalized spacial score (nSPS) is 11.0. The minimum atomic E-state index is -0.417. The molecular weight excluding hydrogens is 383 g/mol. The van der Waals surface area contributed by atoms with Crippen LogP contribution in [0.4, 0.5) is 10.2 Å². The Labute approximate surface area is 166 Å². The third-order valence-electron chi connectivity index (χ3n) is 3.84. The number of hydrogen-bond donors (Lipinski definition) is 1. The second-order valence-electron chi connectivity index (χ2n) is 6.02. The van der Waals surface area contributed by atoms with Gasteiger partial charge in [0.15, 0.2) is 5.16 Å². The van der Waals surface area contributed by atoms with E-state index in [0.29, 0.717) is 29.8 Å². The van der Waals surface area contributed by atoms with Crippen LogP contribution >= 0.6 is 11.8 Å². The fourth-order valence-electron chi connectivity index (χ4n) is 2.59. The Bertz CT molecular complexity index is 942. The van der Waals surface area contributed by atoms with Gasteiger partial charge < -0.3 is 14.6 Å². The summed E-state index contributed by atoms with van der Waals surface area (Å²) in [7, 11) is 1.65. The molecule has 0 saturated heterocycles. The summed E-state index contributed by atoms with van der Waals surface area (Å²) in [5.74, 6) is -0.104. The lowest BCUT2D eigenvalue weighted by atomic mass is 10.3. The summed E-state index contributed by atoms with van der Waals surface area (Å²) in [5, 5.41) is 15.7. The van der Waals surface area contributed by atoms with Crippen molar-refractivity contribution in [1.29, 1.82) is 0 Å². The van der Waals surface area contributed by atoms with Gasteiger partial charge in [-0.15, -0.1) is 10.2 Å². The van der Waals surface area contributed by atoms with E-state index in [4.69, 9.17) is 4.74 Å². The van der Waals surface area contributed by atoms with Crippen LogP contribution in [0.5, 0.6) is 0 Å². The van der Waals surface area contributed by atoms with Gasteiger partial charge in [-0.2, -0.15) is 5.10 Å². The van der Waals surface area contributed by atoms with E-state index in [1.165, 1.54) is 22.5 Å². The van der Waals surface area contributed by atoms with Gasteiger partial charge in [-0.05, 0) is 25.5 Å². The van der Waals surface area contributed by atoms with Crippen molar-refractivity contribution >= 4 is 23.5 Å². The summed E-state index contributed by atoms with van der Waals surface area (Å²) in [6, 6.07) is 7.97. The molecule has 1 amide bonds. The van der Waals surface area contributed by atoms with Crippen molar-refractivity contribution in [1.82, 2.24) is 24.5 Å². The molecule has 2 heterocycles. The van der Waals surface area contributed by atoms with Crippen LogP contribution in [-0.2, 0) is 16.1 Å². The van der Waals surface area contributed by atoms with Crippen molar-refractivity contribution in [2.75, 3.05) is 24.8 Å². The monoisotopic (exact) mass is 404 g/mol. The number of thioether (sulfide) groups is 1. The van der Waals surface area contributed by atoms with Crippen LogP contribution in [0.1, 0.15) is 12.1 Å². The fourth-order valence-corrected chi connectivity index (χ4v) is 3.33. The Morgan fingerprint density at radius 2 is 2.18 bits per heavy atom. The van der Waals surface area contributed by atoms with Crippen molar-refractivity contribution in [3.05, 3.63) is 48.2 Å². The minimum Gasteiger partial charge on any atom is -0.385 e. The Kier molecular flexibility index (Phi) is 6.77. The molecule has 1 aromatic carbocycles. The predicted molar refractivity (Wildman–Crippen MR) is 104 cm³/mol. The molecule has 0 spiro atoms. The quantitative estimate of drug-likeness (QED) is 0.436. The Morgan fingerprint density at radius 1 is 1.36 bits per heavy atom. The van der Waals surface area contributed by atoms with Crippen molar-refractivity contribution in [3.8, 4) is 5.69 Å². The zero-order chi connectivity index (χ0) is 19.9. The third-order valence-corrected chi connectivity index (χ3v) is 4.82. The second-order valence-corrected chi connectivity index (χ2v) is 6.97. The van der Waals surface area contributed by atoms with E-state index in [1.54, 1.807) is 44.6 Å². The van der Waals surface area contributed by atoms with E-state index in [9.17, 15) is 9.18 Å². The van der Waals surface area contributed by atoms with E-state index >= 15 is 0 Å². The molecule has 0 aliphatic heterocycles. The maximum atomic E-state index is 14.1. The second kappa shape index (κ2) is 9.47. The number of carbonyl (C=O) groups excluding carboxylic acids is 1. The van der Waals surface area contributed by atoms with Crippen LogP contribution in [0.15, 0.2) is 41.8 Å². The first-order chi connectivity index (χ1) is 13.6. The molecule has 1 N–H and O–H groups in total. The van der Waals surface area contributed by atoms with Crippen molar-refractivity contribution < 1.29 is 13.9 Å². The number of benzene rings is 1. The Hall–Kier alpha value is -2.72. The average molecular weight is 404 g/mol. The third kappa shape index (κ3) is 4.96. The molecule has 0 bridgehead atoms. The largest absolute Gasteiger partial charge is 0.385 e. The summed E-state index contributed by atoms with van der Waals surface area (Å²) in [6.07, 6.45) is 2.46. The summed E-state index contributed by atoms with van der Waals surface area (Å²) in [6.45, 7) is 3.14. The van der Waals surface area contributed by atoms with Crippen molar-refractivity contribution in [2.45, 2.75) is 25.0 Å². The summed E-state index contributed by atoms with van der Waals surface area (Å²) >= 11 is 1.28. The number of aromatic nitrogens is 5. The van der Waals surface area contributed by atoms with Crippen LogP contribution in [-0.4, -0.2) is 49.9 Å². The molecule has 148 valence electrons.